The fourth-order valence-corrected chi connectivity index (χ4v) is 4.84. The summed E-state index contributed by atoms with van der Waals surface area (Å²) in [6.07, 6.45) is 9.03. The number of aryl methyl sites for hydroxylation is 1. The molecule has 1 aromatic rings. The number of rotatable bonds is 16. The highest BCUT2D eigenvalue weighted by atomic mass is 19.3. The molecule has 0 amide bonds. The average molecular weight is 542 g/mol. The molecule has 0 N–H and O–H groups in total. The third kappa shape index (κ3) is 8.17. The molecule has 0 aromatic carbocycles. The molecule has 1 aromatic heterocycles. The van der Waals surface area contributed by atoms with Crippen LogP contribution < -0.4 is 4.74 Å². The standard InChI is InChI=1S/C29H43F4N3O2/c1-4-6-17-37-18-9-10-19-38-25-20-22-12-13-23(29(32,33)26(22)27(30)35-25)24-14-16-36(28(31)34-24)15-8-7-11-21(3)5-2/h14,16,20-21,23,28H,4-13,15,17-19H2,1-3H3. The van der Waals surface area contributed by atoms with E-state index in [1.54, 1.807) is 0 Å². The van der Waals surface area contributed by atoms with Crippen molar-refractivity contribution in [2.24, 2.45) is 16.8 Å². The quantitative estimate of drug-likeness (QED) is 0.0936. The minimum absolute atomic E-state index is 0.00472. The summed E-state index contributed by atoms with van der Waals surface area (Å²) in [5.74, 6) is -5.57. The number of nitrogens with zero attached hydrogens (tertiary/aromatic N) is 3. The Bertz CT molecular complexity index is 941. The number of hydrogen-bond donors (Lipinski definition) is 0. The summed E-state index contributed by atoms with van der Waals surface area (Å²) < 4.78 is 71.7. The molecule has 9 heteroatoms. The molecule has 2 aliphatic rings. The van der Waals surface area contributed by atoms with E-state index in [1.165, 1.54) is 23.2 Å². The van der Waals surface area contributed by atoms with Crippen LogP contribution in [0, 0.1) is 17.8 Å². The fourth-order valence-electron chi connectivity index (χ4n) is 4.84. The molecule has 2 heterocycles. The molecule has 0 saturated carbocycles. The molecule has 5 nitrogen and oxygen atoms in total. The van der Waals surface area contributed by atoms with Gasteiger partial charge in [0.05, 0.1) is 23.8 Å². The number of allylic oxidation sites excluding steroid dienone is 1. The van der Waals surface area contributed by atoms with Gasteiger partial charge in [-0.2, -0.15) is 13.8 Å². The summed E-state index contributed by atoms with van der Waals surface area (Å²) >= 11 is 0. The predicted octanol–water partition coefficient (Wildman–Crippen LogP) is 7.59. The van der Waals surface area contributed by atoms with Gasteiger partial charge >= 0.3 is 0 Å². The molecule has 0 bridgehead atoms. The zero-order valence-electron chi connectivity index (χ0n) is 23.0. The van der Waals surface area contributed by atoms with Crippen molar-refractivity contribution in [3.05, 3.63) is 35.4 Å². The maximum absolute atomic E-state index is 15.5. The summed E-state index contributed by atoms with van der Waals surface area (Å²) in [5.41, 5.74) is -0.592. The minimum atomic E-state index is -3.56. The van der Waals surface area contributed by atoms with E-state index < -0.39 is 29.8 Å². The van der Waals surface area contributed by atoms with Gasteiger partial charge in [0.1, 0.15) is 0 Å². The van der Waals surface area contributed by atoms with Gasteiger partial charge in [-0.3, -0.25) is 0 Å². The lowest BCUT2D eigenvalue weighted by atomic mass is 9.78. The Morgan fingerprint density at radius 3 is 2.61 bits per heavy atom. The smallest absolute Gasteiger partial charge is 0.286 e. The SMILES string of the molecule is CCCCOCCCCOc1cc2c(c(F)n1)C(F)(F)C(C1=NC(F)N(CCCCC(C)CC)C=C1)CC2. The number of aromatic nitrogens is 1. The van der Waals surface area contributed by atoms with Crippen LogP contribution in [0.5, 0.6) is 5.88 Å². The van der Waals surface area contributed by atoms with Crippen molar-refractivity contribution in [1.82, 2.24) is 9.88 Å². The van der Waals surface area contributed by atoms with Crippen LogP contribution in [-0.2, 0) is 17.1 Å². The molecule has 0 spiro atoms. The van der Waals surface area contributed by atoms with E-state index in [1.807, 2.05) is 0 Å². The van der Waals surface area contributed by atoms with Crippen LogP contribution in [0.4, 0.5) is 17.6 Å². The van der Waals surface area contributed by atoms with Crippen molar-refractivity contribution < 1.29 is 27.0 Å². The molecule has 3 unspecified atom stereocenters. The Labute approximate surface area is 224 Å². The number of fused-ring (bicyclic) bond motifs is 1. The van der Waals surface area contributed by atoms with Gasteiger partial charge in [-0.1, -0.05) is 46.5 Å². The molecular weight excluding hydrogens is 498 g/mol. The van der Waals surface area contributed by atoms with Gasteiger partial charge in [0, 0.05) is 32.0 Å². The van der Waals surface area contributed by atoms with E-state index in [-0.39, 0.29) is 30.0 Å². The van der Waals surface area contributed by atoms with Crippen LogP contribution in [-0.4, -0.2) is 48.4 Å². The van der Waals surface area contributed by atoms with Crippen molar-refractivity contribution >= 4 is 5.71 Å². The number of halogens is 4. The number of ether oxygens (including phenoxy) is 2. The van der Waals surface area contributed by atoms with Crippen molar-refractivity contribution in [3.63, 3.8) is 0 Å². The Balaban J connectivity index is 1.56. The fraction of sp³-hybridized carbons (Fsp3) is 0.724. The van der Waals surface area contributed by atoms with E-state index in [4.69, 9.17) is 9.47 Å². The Morgan fingerprint density at radius 1 is 1.11 bits per heavy atom. The molecule has 0 fully saturated rings. The predicted molar refractivity (Wildman–Crippen MR) is 142 cm³/mol. The number of aliphatic imine (C=N–C) groups is 1. The van der Waals surface area contributed by atoms with Crippen molar-refractivity contribution in [2.75, 3.05) is 26.4 Å². The number of pyridine rings is 1. The lowest BCUT2D eigenvalue weighted by molar-refractivity contribution is -0.0534. The van der Waals surface area contributed by atoms with Crippen molar-refractivity contribution in [1.29, 1.82) is 0 Å². The lowest BCUT2D eigenvalue weighted by Crippen LogP contribution is -2.40. The first-order chi connectivity index (χ1) is 18.3. The summed E-state index contributed by atoms with van der Waals surface area (Å²) in [4.78, 5) is 9.04. The Morgan fingerprint density at radius 2 is 1.87 bits per heavy atom. The molecule has 214 valence electrons. The zero-order chi connectivity index (χ0) is 27.5. The Hall–Kier alpha value is -2.16. The largest absolute Gasteiger partial charge is 0.478 e. The topological polar surface area (TPSA) is 47.0 Å². The van der Waals surface area contributed by atoms with Gasteiger partial charge in [0.25, 0.3) is 12.3 Å². The molecule has 3 atom stereocenters. The number of hydrogen-bond acceptors (Lipinski definition) is 5. The van der Waals surface area contributed by atoms with Gasteiger partial charge in [-0.25, -0.2) is 13.8 Å². The summed E-state index contributed by atoms with van der Waals surface area (Å²) in [6.45, 7) is 8.57. The second-order valence-corrected chi connectivity index (χ2v) is 10.4. The molecule has 38 heavy (non-hydrogen) atoms. The first-order valence-electron chi connectivity index (χ1n) is 14.2. The van der Waals surface area contributed by atoms with Gasteiger partial charge in [0.2, 0.25) is 11.8 Å². The van der Waals surface area contributed by atoms with E-state index in [2.05, 4.69) is 30.7 Å². The molecule has 0 radical (unpaired) electrons. The number of unbranched alkanes of at least 4 members (excludes halogenated alkanes) is 3. The molecule has 3 rings (SSSR count). The zero-order valence-corrected chi connectivity index (χ0v) is 23.0. The summed E-state index contributed by atoms with van der Waals surface area (Å²) in [7, 11) is 0. The second-order valence-electron chi connectivity index (χ2n) is 10.4. The van der Waals surface area contributed by atoms with Gasteiger partial charge in [-0.05, 0) is 56.1 Å². The van der Waals surface area contributed by atoms with E-state index in [9.17, 15) is 8.78 Å². The van der Waals surface area contributed by atoms with Crippen LogP contribution in [0.2, 0.25) is 0 Å². The van der Waals surface area contributed by atoms with E-state index in [0.29, 0.717) is 32.1 Å². The highest BCUT2D eigenvalue weighted by molar-refractivity contribution is 5.98. The second kappa shape index (κ2) is 14.8. The normalized spacial score (nSPS) is 21.2. The maximum Gasteiger partial charge on any atom is 0.286 e. The highest BCUT2D eigenvalue weighted by Crippen LogP contribution is 2.47. The van der Waals surface area contributed by atoms with E-state index in [0.717, 1.165) is 51.6 Å². The molecule has 1 aliphatic carbocycles. The van der Waals surface area contributed by atoms with Crippen LogP contribution >= 0.6 is 0 Å². The number of alkyl halides is 3. The lowest BCUT2D eigenvalue weighted by Gasteiger charge is -2.35. The first kappa shape index (κ1) is 30.4. The molecular formula is C29H43F4N3O2. The third-order valence-corrected chi connectivity index (χ3v) is 7.47. The summed E-state index contributed by atoms with van der Waals surface area (Å²) in [5, 5.41) is 0. The van der Waals surface area contributed by atoms with Crippen LogP contribution in [0.1, 0.15) is 89.7 Å². The first-order valence-corrected chi connectivity index (χ1v) is 14.2. The van der Waals surface area contributed by atoms with Crippen molar-refractivity contribution in [3.8, 4) is 5.88 Å². The minimum Gasteiger partial charge on any atom is -0.478 e. The van der Waals surface area contributed by atoms with E-state index >= 15 is 8.78 Å². The summed E-state index contributed by atoms with van der Waals surface area (Å²) in [6, 6.07) is 1.40. The maximum atomic E-state index is 15.5. The average Bonchev–Trinajstić information content (AvgIpc) is 2.88. The highest BCUT2D eigenvalue weighted by Gasteiger charge is 2.50. The van der Waals surface area contributed by atoms with Crippen LogP contribution in [0.25, 0.3) is 0 Å². The molecule has 1 aliphatic heterocycles. The third-order valence-electron chi connectivity index (χ3n) is 7.47. The van der Waals surface area contributed by atoms with Crippen molar-refractivity contribution in [2.45, 2.75) is 97.3 Å². The van der Waals surface area contributed by atoms with Crippen LogP contribution in [0.15, 0.2) is 23.3 Å². The Kier molecular flexibility index (Phi) is 11.9. The van der Waals surface area contributed by atoms with Gasteiger partial charge in [-0.15, -0.1) is 0 Å². The van der Waals surface area contributed by atoms with Gasteiger partial charge in [0.15, 0.2) is 0 Å². The van der Waals surface area contributed by atoms with Crippen LogP contribution in [0.3, 0.4) is 0 Å². The monoisotopic (exact) mass is 541 g/mol. The van der Waals surface area contributed by atoms with Gasteiger partial charge < -0.3 is 14.4 Å². The molecule has 0 saturated heterocycles.